The molecule has 0 fully saturated rings. The van der Waals surface area contributed by atoms with Crippen molar-refractivity contribution >= 4 is 5.91 Å². The molecule has 6 heteroatoms. The van der Waals surface area contributed by atoms with Crippen LogP contribution >= 0.6 is 0 Å². The summed E-state index contributed by atoms with van der Waals surface area (Å²) in [5.41, 5.74) is 0.973. The lowest BCUT2D eigenvalue weighted by molar-refractivity contribution is -0.122. The third-order valence-electron chi connectivity index (χ3n) is 3.91. The minimum absolute atomic E-state index is 0.0502. The average molecular weight is 336 g/mol. The van der Waals surface area contributed by atoms with E-state index >= 15 is 0 Å². The first-order chi connectivity index (χ1) is 11.4. The normalized spacial score (nSPS) is 12.2. The number of carbonyl (C=O) groups is 1. The zero-order chi connectivity index (χ0) is 17.7. The van der Waals surface area contributed by atoms with Crippen LogP contribution in [0.15, 0.2) is 42.5 Å². The smallest absolute Gasteiger partial charge is 0.234 e. The quantitative estimate of drug-likeness (QED) is 0.877. The Labute approximate surface area is 139 Å². The van der Waals surface area contributed by atoms with Gasteiger partial charge in [-0.05, 0) is 37.7 Å². The van der Waals surface area contributed by atoms with Crippen molar-refractivity contribution in [3.05, 3.63) is 71.0 Å². The lowest BCUT2D eigenvalue weighted by Gasteiger charge is -2.24. The van der Waals surface area contributed by atoms with Gasteiger partial charge in [0.25, 0.3) is 0 Å². The van der Waals surface area contributed by atoms with E-state index in [1.54, 1.807) is 37.1 Å². The van der Waals surface area contributed by atoms with Crippen molar-refractivity contribution in [1.82, 2.24) is 10.2 Å². The first kappa shape index (κ1) is 18.0. The molecule has 0 aliphatic carbocycles. The number of carbonyl (C=O) groups excluding carboxylic acids is 1. The molecule has 0 aliphatic heterocycles. The fourth-order valence-electron chi connectivity index (χ4n) is 2.28. The van der Waals surface area contributed by atoms with E-state index in [9.17, 15) is 18.0 Å². The van der Waals surface area contributed by atoms with Crippen molar-refractivity contribution < 1.29 is 18.0 Å². The maximum absolute atomic E-state index is 13.5. The zero-order valence-electron chi connectivity index (χ0n) is 13.5. The monoisotopic (exact) mass is 336 g/mol. The summed E-state index contributed by atoms with van der Waals surface area (Å²) in [4.78, 5) is 13.7. The Hall–Kier alpha value is -2.34. The third-order valence-corrected chi connectivity index (χ3v) is 3.91. The van der Waals surface area contributed by atoms with Crippen LogP contribution in [0.1, 0.15) is 24.1 Å². The lowest BCUT2D eigenvalue weighted by Crippen LogP contribution is -2.36. The van der Waals surface area contributed by atoms with E-state index in [4.69, 9.17) is 0 Å². The Bertz CT molecular complexity index is 721. The van der Waals surface area contributed by atoms with Gasteiger partial charge in [0.2, 0.25) is 5.91 Å². The molecule has 2 aromatic rings. The highest BCUT2D eigenvalue weighted by atomic mass is 19.2. The van der Waals surface area contributed by atoms with E-state index in [2.05, 4.69) is 5.32 Å². The van der Waals surface area contributed by atoms with Crippen LogP contribution in [0.2, 0.25) is 0 Å². The number of likely N-dealkylation sites (N-methyl/N-ethyl adjacent to an activating group) is 1. The fourth-order valence-corrected chi connectivity index (χ4v) is 2.28. The molecule has 0 saturated carbocycles. The summed E-state index contributed by atoms with van der Waals surface area (Å²) in [7, 11) is 1.70. The number of rotatable bonds is 6. The predicted molar refractivity (Wildman–Crippen MR) is 85.6 cm³/mol. The van der Waals surface area contributed by atoms with Crippen LogP contribution in [0.25, 0.3) is 0 Å². The molecule has 1 atom stereocenters. The van der Waals surface area contributed by atoms with Crippen molar-refractivity contribution in [2.24, 2.45) is 0 Å². The average Bonchev–Trinajstić information content (AvgIpc) is 2.56. The van der Waals surface area contributed by atoms with E-state index < -0.39 is 11.6 Å². The molecule has 0 bridgehead atoms. The van der Waals surface area contributed by atoms with Gasteiger partial charge in [-0.3, -0.25) is 9.69 Å². The number of nitrogens with zero attached hydrogens (tertiary/aromatic N) is 1. The first-order valence-electron chi connectivity index (χ1n) is 7.53. The van der Waals surface area contributed by atoms with Crippen molar-refractivity contribution in [2.45, 2.75) is 19.5 Å². The third kappa shape index (κ3) is 4.58. The van der Waals surface area contributed by atoms with Crippen molar-refractivity contribution in [2.75, 3.05) is 13.6 Å². The SMILES string of the molecule is CC(c1ccc(F)c(F)c1)N(C)CC(=O)NCc1ccccc1F. The van der Waals surface area contributed by atoms with Gasteiger partial charge in [0, 0.05) is 18.2 Å². The molecule has 1 unspecified atom stereocenters. The summed E-state index contributed by atoms with van der Waals surface area (Å²) in [6.07, 6.45) is 0. The van der Waals surface area contributed by atoms with E-state index in [0.29, 0.717) is 11.1 Å². The minimum Gasteiger partial charge on any atom is -0.351 e. The van der Waals surface area contributed by atoms with E-state index in [1.807, 2.05) is 0 Å². The molecule has 2 aromatic carbocycles. The van der Waals surface area contributed by atoms with Gasteiger partial charge in [-0.1, -0.05) is 24.3 Å². The molecule has 0 saturated heterocycles. The highest BCUT2D eigenvalue weighted by molar-refractivity contribution is 5.78. The Balaban J connectivity index is 1.90. The van der Waals surface area contributed by atoms with Gasteiger partial charge in [0.1, 0.15) is 5.82 Å². The van der Waals surface area contributed by atoms with Gasteiger partial charge in [0.05, 0.1) is 6.54 Å². The summed E-state index contributed by atoms with van der Waals surface area (Å²) in [5.74, 6) is -2.48. The van der Waals surface area contributed by atoms with Gasteiger partial charge in [-0.25, -0.2) is 13.2 Å². The summed E-state index contributed by atoms with van der Waals surface area (Å²) >= 11 is 0. The maximum Gasteiger partial charge on any atom is 0.234 e. The molecular weight excluding hydrogens is 317 g/mol. The molecular formula is C18H19F3N2O. The van der Waals surface area contributed by atoms with E-state index in [-0.39, 0.29) is 30.9 Å². The van der Waals surface area contributed by atoms with Crippen LogP contribution in [0.5, 0.6) is 0 Å². The number of amides is 1. The number of halogens is 3. The van der Waals surface area contributed by atoms with Crippen LogP contribution in [0.4, 0.5) is 13.2 Å². The molecule has 0 radical (unpaired) electrons. The number of benzene rings is 2. The van der Waals surface area contributed by atoms with Crippen LogP contribution in [-0.2, 0) is 11.3 Å². The minimum atomic E-state index is -0.920. The maximum atomic E-state index is 13.5. The number of nitrogens with one attached hydrogen (secondary N) is 1. The molecule has 1 amide bonds. The Morgan fingerprint density at radius 1 is 1.08 bits per heavy atom. The highest BCUT2D eigenvalue weighted by Gasteiger charge is 2.16. The van der Waals surface area contributed by atoms with E-state index in [1.165, 1.54) is 12.1 Å². The molecule has 3 nitrogen and oxygen atoms in total. The van der Waals surface area contributed by atoms with Crippen molar-refractivity contribution in [3.63, 3.8) is 0 Å². The molecule has 24 heavy (non-hydrogen) atoms. The molecule has 0 aliphatic rings. The van der Waals surface area contributed by atoms with E-state index in [0.717, 1.165) is 12.1 Å². The van der Waals surface area contributed by atoms with Gasteiger partial charge in [0.15, 0.2) is 11.6 Å². The van der Waals surface area contributed by atoms with Crippen LogP contribution in [0.3, 0.4) is 0 Å². The highest BCUT2D eigenvalue weighted by Crippen LogP contribution is 2.20. The topological polar surface area (TPSA) is 32.3 Å². The second-order valence-corrected chi connectivity index (χ2v) is 5.63. The van der Waals surface area contributed by atoms with Gasteiger partial charge in [-0.2, -0.15) is 0 Å². The fraction of sp³-hybridized carbons (Fsp3) is 0.278. The second-order valence-electron chi connectivity index (χ2n) is 5.63. The lowest BCUT2D eigenvalue weighted by atomic mass is 10.1. The summed E-state index contributed by atoms with van der Waals surface area (Å²) < 4.78 is 39.8. The van der Waals surface area contributed by atoms with Crippen molar-refractivity contribution in [1.29, 1.82) is 0 Å². The van der Waals surface area contributed by atoms with Crippen molar-refractivity contribution in [3.8, 4) is 0 Å². The summed E-state index contributed by atoms with van der Waals surface area (Å²) in [6, 6.07) is 9.60. The first-order valence-corrected chi connectivity index (χ1v) is 7.53. The largest absolute Gasteiger partial charge is 0.351 e. The Morgan fingerprint density at radius 3 is 2.46 bits per heavy atom. The van der Waals surface area contributed by atoms with Crippen LogP contribution in [-0.4, -0.2) is 24.4 Å². The second kappa shape index (κ2) is 7.97. The predicted octanol–water partition coefficient (Wildman–Crippen LogP) is 3.41. The summed E-state index contributed by atoms with van der Waals surface area (Å²) in [6.45, 7) is 1.93. The summed E-state index contributed by atoms with van der Waals surface area (Å²) in [5, 5.41) is 2.64. The Kier molecular flexibility index (Phi) is 5.98. The molecule has 2 rings (SSSR count). The molecule has 128 valence electrons. The molecule has 0 aromatic heterocycles. The van der Waals surface area contributed by atoms with Gasteiger partial charge < -0.3 is 5.32 Å². The zero-order valence-corrected chi connectivity index (χ0v) is 13.5. The number of hydrogen-bond donors (Lipinski definition) is 1. The van der Waals surface area contributed by atoms with Gasteiger partial charge in [-0.15, -0.1) is 0 Å². The standard InChI is InChI=1S/C18H19F3N2O/c1-12(13-7-8-16(20)17(21)9-13)23(2)11-18(24)22-10-14-5-3-4-6-15(14)19/h3-9,12H,10-11H2,1-2H3,(H,22,24). The number of hydrogen-bond acceptors (Lipinski definition) is 2. The molecule has 0 spiro atoms. The van der Waals surface area contributed by atoms with Gasteiger partial charge >= 0.3 is 0 Å². The van der Waals surface area contributed by atoms with Crippen LogP contribution < -0.4 is 5.32 Å². The molecule has 0 heterocycles. The van der Waals surface area contributed by atoms with Crippen LogP contribution in [0, 0.1) is 17.5 Å². The Morgan fingerprint density at radius 2 is 1.79 bits per heavy atom. The molecule has 1 N–H and O–H groups in total.